The fourth-order valence-electron chi connectivity index (χ4n) is 2.41. The molecule has 4 heteroatoms. The largest absolute Gasteiger partial charge is 0.453 e. The number of hydrogen-bond acceptors (Lipinski definition) is 3. The van der Waals surface area contributed by atoms with Gasteiger partial charge in [0, 0.05) is 25.3 Å². The Morgan fingerprint density at radius 1 is 1.21 bits per heavy atom. The third-order valence-corrected chi connectivity index (χ3v) is 3.53. The molecule has 2 rings (SSSR count). The Balaban J connectivity index is 1.82. The number of ether oxygens (including phenoxy) is 1. The molecule has 1 aromatic rings. The molecule has 0 saturated carbocycles. The van der Waals surface area contributed by atoms with E-state index in [0.717, 1.165) is 6.42 Å². The van der Waals surface area contributed by atoms with E-state index < -0.39 is 0 Å². The van der Waals surface area contributed by atoms with Crippen LogP contribution in [-0.4, -0.2) is 32.8 Å². The predicted octanol–water partition coefficient (Wildman–Crippen LogP) is 2.58. The molecule has 0 aromatic heterocycles. The number of nitrogens with one attached hydrogen (secondary N) is 1. The quantitative estimate of drug-likeness (QED) is 0.906. The lowest BCUT2D eigenvalue weighted by Gasteiger charge is -2.28. The highest BCUT2D eigenvalue weighted by molar-refractivity contribution is 5.66. The van der Waals surface area contributed by atoms with E-state index in [1.807, 2.05) is 0 Å². The molecule has 1 amide bonds. The van der Waals surface area contributed by atoms with Crippen molar-refractivity contribution in [3.8, 4) is 0 Å². The molecule has 0 spiro atoms. The second kappa shape index (κ2) is 7.02. The number of carbonyl (C=O) groups excluding carboxylic acids is 1. The van der Waals surface area contributed by atoms with Gasteiger partial charge in [-0.3, -0.25) is 0 Å². The summed E-state index contributed by atoms with van der Waals surface area (Å²) in [5, 5.41) is 2.69. The predicted molar refractivity (Wildman–Crippen MR) is 76.6 cm³/mol. The van der Waals surface area contributed by atoms with E-state index in [1.165, 1.54) is 50.7 Å². The average Bonchev–Trinajstić information content (AvgIpc) is 2.48. The van der Waals surface area contributed by atoms with E-state index in [4.69, 9.17) is 0 Å². The smallest absolute Gasteiger partial charge is 0.406 e. The van der Waals surface area contributed by atoms with Crippen LogP contribution in [0.2, 0.25) is 0 Å². The molecule has 0 atom stereocenters. The molecule has 1 aromatic carbocycles. The zero-order valence-electron chi connectivity index (χ0n) is 11.5. The van der Waals surface area contributed by atoms with Gasteiger partial charge in [0.1, 0.15) is 0 Å². The van der Waals surface area contributed by atoms with Crippen LogP contribution in [0.4, 0.5) is 10.5 Å². The summed E-state index contributed by atoms with van der Waals surface area (Å²) in [6.07, 6.45) is 4.41. The van der Waals surface area contributed by atoms with Crippen molar-refractivity contribution in [2.24, 2.45) is 0 Å². The molecule has 0 radical (unpaired) electrons. The number of rotatable bonds is 4. The van der Waals surface area contributed by atoms with Crippen LogP contribution in [0.1, 0.15) is 24.8 Å². The first-order valence-electron chi connectivity index (χ1n) is 6.95. The van der Waals surface area contributed by atoms with Crippen molar-refractivity contribution in [3.63, 3.8) is 0 Å². The zero-order valence-corrected chi connectivity index (χ0v) is 11.5. The van der Waals surface area contributed by atoms with Gasteiger partial charge >= 0.3 is 6.09 Å². The van der Waals surface area contributed by atoms with Gasteiger partial charge in [0.2, 0.25) is 0 Å². The lowest BCUT2D eigenvalue weighted by Crippen LogP contribution is -2.29. The molecule has 4 nitrogen and oxygen atoms in total. The summed E-state index contributed by atoms with van der Waals surface area (Å²) in [6, 6.07) is 8.64. The second-order valence-electron chi connectivity index (χ2n) is 4.88. The van der Waals surface area contributed by atoms with Crippen molar-refractivity contribution in [1.29, 1.82) is 0 Å². The van der Waals surface area contributed by atoms with Gasteiger partial charge in [0.15, 0.2) is 0 Å². The summed E-state index contributed by atoms with van der Waals surface area (Å²) in [4.78, 5) is 13.4. The summed E-state index contributed by atoms with van der Waals surface area (Å²) >= 11 is 0. The lowest BCUT2D eigenvalue weighted by atomic mass is 10.1. The fraction of sp³-hybridized carbons (Fsp3) is 0.533. The normalized spacial score (nSPS) is 15.1. The van der Waals surface area contributed by atoms with Crippen LogP contribution in [0.5, 0.6) is 0 Å². The van der Waals surface area contributed by atoms with Gasteiger partial charge in [0.25, 0.3) is 0 Å². The maximum atomic E-state index is 10.9. The summed E-state index contributed by atoms with van der Waals surface area (Å²) in [7, 11) is 1.38. The van der Waals surface area contributed by atoms with Crippen molar-refractivity contribution >= 4 is 11.8 Å². The Morgan fingerprint density at radius 2 is 1.89 bits per heavy atom. The van der Waals surface area contributed by atoms with E-state index >= 15 is 0 Å². The Hall–Kier alpha value is -1.71. The molecule has 1 heterocycles. The summed E-state index contributed by atoms with van der Waals surface area (Å²) in [5.74, 6) is 0. The Bertz CT molecular complexity index is 397. The van der Waals surface area contributed by atoms with Gasteiger partial charge in [-0.05, 0) is 43.4 Å². The van der Waals surface area contributed by atoms with E-state index in [1.54, 1.807) is 0 Å². The van der Waals surface area contributed by atoms with Gasteiger partial charge in [0.05, 0.1) is 7.11 Å². The van der Waals surface area contributed by atoms with Crippen molar-refractivity contribution in [2.45, 2.75) is 25.7 Å². The van der Waals surface area contributed by atoms with Crippen LogP contribution in [0, 0.1) is 0 Å². The van der Waals surface area contributed by atoms with E-state index in [2.05, 4.69) is 39.2 Å². The summed E-state index contributed by atoms with van der Waals surface area (Å²) in [6.45, 7) is 2.95. The third kappa shape index (κ3) is 4.16. The molecule has 104 valence electrons. The van der Waals surface area contributed by atoms with Gasteiger partial charge in [-0.15, -0.1) is 0 Å². The Kier molecular flexibility index (Phi) is 5.07. The summed E-state index contributed by atoms with van der Waals surface area (Å²) < 4.78 is 4.53. The first kappa shape index (κ1) is 13.7. The fourth-order valence-corrected chi connectivity index (χ4v) is 2.41. The van der Waals surface area contributed by atoms with E-state index in [0.29, 0.717) is 6.54 Å². The lowest BCUT2D eigenvalue weighted by molar-refractivity contribution is 0.171. The number of piperidine rings is 1. The van der Waals surface area contributed by atoms with E-state index in [-0.39, 0.29) is 6.09 Å². The maximum absolute atomic E-state index is 10.9. The van der Waals surface area contributed by atoms with Crippen LogP contribution >= 0.6 is 0 Å². The number of carbonyl (C=O) groups is 1. The monoisotopic (exact) mass is 262 g/mol. The minimum atomic E-state index is -0.370. The minimum Gasteiger partial charge on any atom is -0.453 e. The number of nitrogens with zero attached hydrogens (tertiary/aromatic N) is 1. The molecular formula is C15H22N2O2. The molecule has 1 fully saturated rings. The number of hydrogen-bond donors (Lipinski definition) is 1. The molecule has 1 aliphatic heterocycles. The first-order valence-corrected chi connectivity index (χ1v) is 6.95. The van der Waals surface area contributed by atoms with Crippen molar-refractivity contribution in [2.75, 3.05) is 31.6 Å². The molecule has 0 bridgehead atoms. The zero-order chi connectivity index (χ0) is 13.5. The second-order valence-corrected chi connectivity index (χ2v) is 4.88. The van der Waals surface area contributed by atoms with Crippen LogP contribution in [0.15, 0.2) is 24.3 Å². The maximum Gasteiger partial charge on any atom is 0.406 e. The molecule has 0 aliphatic carbocycles. The minimum absolute atomic E-state index is 0.370. The number of amides is 1. The molecule has 1 aliphatic rings. The summed E-state index contributed by atoms with van der Waals surface area (Å²) in [5.41, 5.74) is 2.54. The molecule has 0 unspecified atom stereocenters. The van der Waals surface area contributed by atoms with Crippen molar-refractivity contribution in [1.82, 2.24) is 5.32 Å². The topological polar surface area (TPSA) is 41.6 Å². The Morgan fingerprint density at radius 3 is 2.53 bits per heavy atom. The van der Waals surface area contributed by atoms with Crippen LogP contribution < -0.4 is 10.2 Å². The van der Waals surface area contributed by atoms with E-state index in [9.17, 15) is 4.79 Å². The van der Waals surface area contributed by atoms with Crippen molar-refractivity contribution in [3.05, 3.63) is 29.8 Å². The first-order chi connectivity index (χ1) is 9.29. The number of alkyl carbamates (subject to hydrolysis) is 1. The molecule has 1 N–H and O–H groups in total. The highest BCUT2D eigenvalue weighted by Gasteiger charge is 2.10. The number of methoxy groups -OCH3 is 1. The number of anilines is 1. The highest BCUT2D eigenvalue weighted by atomic mass is 16.5. The standard InChI is InChI=1S/C15H22N2O2/c1-19-15(18)16-10-9-13-5-7-14(8-6-13)17-11-3-2-4-12-17/h5-8H,2-4,9-12H2,1H3,(H,16,18). The Labute approximate surface area is 114 Å². The SMILES string of the molecule is COC(=O)NCCc1ccc(N2CCCCC2)cc1. The third-order valence-electron chi connectivity index (χ3n) is 3.53. The van der Waals surface area contributed by atoms with Gasteiger partial charge in [-0.25, -0.2) is 4.79 Å². The van der Waals surface area contributed by atoms with Crippen LogP contribution in [0.3, 0.4) is 0 Å². The van der Waals surface area contributed by atoms with Gasteiger partial charge < -0.3 is 15.0 Å². The molecule has 1 saturated heterocycles. The average molecular weight is 262 g/mol. The van der Waals surface area contributed by atoms with Gasteiger partial charge in [-0.1, -0.05) is 12.1 Å². The van der Waals surface area contributed by atoms with Crippen LogP contribution in [0.25, 0.3) is 0 Å². The highest BCUT2D eigenvalue weighted by Crippen LogP contribution is 2.20. The van der Waals surface area contributed by atoms with Crippen LogP contribution in [-0.2, 0) is 11.2 Å². The number of benzene rings is 1. The molecule has 19 heavy (non-hydrogen) atoms. The van der Waals surface area contributed by atoms with Gasteiger partial charge in [-0.2, -0.15) is 0 Å². The molecular weight excluding hydrogens is 240 g/mol. The van der Waals surface area contributed by atoms with Crippen molar-refractivity contribution < 1.29 is 9.53 Å².